The molecule has 182 valence electrons. The Morgan fingerprint density at radius 3 is 1.75 bits per heavy atom. The van der Waals surface area contributed by atoms with Crippen molar-refractivity contribution in [2.24, 2.45) is 17.8 Å². The van der Waals surface area contributed by atoms with E-state index in [0.29, 0.717) is 22.6 Å². The maximum atomic E-state index is 12.8. The van der Waals surface area contributed by atoms with Crippen LogP contribution in [0, 0.1) is 38.5 Å². The van der Waals surface area contributed by atoms with E-state index in [-0.39, 0.29) is 22.8 Å². The van der Waals surface area contributed by atoms with Crippen LogP contribution in [0.4, 0.5) is 0 Å². The van der Waals surface area contributed by atoms with Crippen molar-refractivity contribution in [3.63, 3.8) is 0 Å². The van der Waals surface area contributed by atoms with E-state index in [4.69, 9.17) is 0 Å². The first-order valence-electron chi connectivity index (χ1n) is 12.7. The number of hydrogen-bond acceptors (Lipinski definition) is 3. The van der Waals surface area contributed by atoms with E-state index in [1.165, 1.54) is 44.9 Å². The first-order valence-corrected chi connectivity index (χ1v) is 12.7. The zero-order valence-electron chi connectivity index (χ0n) is 22.0. The van der Waals surface area contributed by atoms with E-state index in [0.717, 1.165) is 30.3 Å². The van der Waals surface area contributed by atoms with Gasteiger partial charge < -0.3 is 10.2 Å². The van der Waals surface area contributed by atoms with Gasteiger partial charge in [-0.15, -0.1) is 0 Å². The molecule has 32 heavy (non-hydrogen) atoms. The lowest BCUT2D eigenvalue weighted by molar-refractivity contribution is 0.104. The fraction of sp³-hybridized carbons (Fsp3) is 0.690. The lowest BCUT2D eigenvalue weighted by Crippen LogP contribution is -2.03. The molecular weight excluding hydrogens is 396 g/mol. The Labute approximate surface area is 197 Å². The summed E-state index contributed by atoms with van der Waals surface area (Å²) in [7, 11) is 0. The van der Waals surface area contributed by atoms with Gasteiger partial charge in [0.15, 0.2) is 5.78 Å². The van der Waals surface area contributed by atoms with Crippen LogP contribution in [0.15, 0.2) is 11.6 Å². The molecule has 0 aliphatic heterocycles. The number of phenols is 2. The molecule has 0 bridgehead atoms. The number of phenolic OH excluding ortho intramolecular Hbond substituents is 2. The Morgan fingerprint density at radius 1 is 0.750 bits per heavy atom. The minimum Gasteiger partial charge on any atom is -0.507 e. The average molecular weight is 445 g/mol. The maximum Gasteiger partial charge on any atom is 0.189 e. The van der Waals surface area contributed by atoms with Crippen LogP contribution in [0.5, 0.6) is 11.5 Å². The van der Waals surface area contributed by atoms with Crippen molar-refractivity contribution in [1.29, 1.82) is 0 Å². The second-order valence-corrected chi connectivity index (χ2v) is 10.7. The van der Waals surface area contributed by atoms with Crippen LogP contribution in [-0.4, -0.2) is 16.0 Å². The van der Waals surface area contributed by atoms with Crippen molar-refractivity contribution in [2.45, 2.75) is 113 Å². The van der Waals surface area contributed by atoms with Gasteiger partial charge in [-0.25, -0.2) is 0 Å². The third-order valence-corrected chi connectivity index (χ3v) is 7.00. The number of aromatic hydroxyl groups is 2. The highest BCUT2D eigenvalue weighted by Gasteiger charge is 2.20. The molecule has 2 unspecified atom stereocenters. The third-order valence-electron chi connectivity index (χ3n) is 7.00. The van der Waals surface area contributed by atoms with Crippen LogP contribution in [-0.2, 0) is 0 Å². The van der Waals surface area contributed by atoms with Gasteiger partial charge in [0.1, 0.15) is 11.5 Å². The van der Waals surface area contributed by atoms with E-state index in [1.54, 1.807) is 26.8 Å². The molecule has 2 atom stereocenters. The Balaban J connectivity index is 2.45. The number of rotatable bonds is 14. The second kappa shape index (κ2) is 13.7. The molecule has 0 radical (unpaired) electrons. The topological polar surface area (TPSA) is 57.5 Å². The van der Waals surface area contributed by atoms with Crippen LogP contribution in [0.1, 0.15) is 119 Å². The lowest BCUT2D eigenvalue weighted by atomic mass is 9.91. The smallest absolute Gasteiger partial charge is 0.189 e. The Morgan fingerprint density at radius 2 is 1.22 bits per heavy atom. The van der Waals surface area contributed by atoms with Gasteiger partial charge >= 0.3 is 0 Å². The Kier molecular flexibility index (Phi) is 12.1. The van der Waals surface area contributed by atoms with Gasteiger partial charge in [-0.1, -0.05) is 78.2 Å². The van der Waals surface area contributed by atoms with Gasteiger partial charge in [-0.3, -0.25) is 4.79 Å². The molecule has 3 nitrogen and oxygen atoms in total. The molecule has 3 heteroatoms. The quantitative estimate of drug-likeness (QED) is 0.171. The molecular formula is C29H48O3. The molecule has 0 amide bonds. The maximum absolute atomic E-state index is 12.8. The number of carbonyl (C=O) groups is 1. The van der Waals surface area contributed by atoms with Gasteiger partial charge in [0, 0.05) is 5.56 Å². The molecule has 0 aromatic heterocycles. The summed E-state index contributed by atoms with van der Waals surface area (Å²) in [5, 5.41) is 20.7. The van der Waals surface area contributed by atoms with E-state index in [9.17, 15) is 15.0 Å². The van der Waals surface area contributed by atoms with Crippen LogP contribution >= 0.6 is 0 Å². The lowest BCUT2D eigenvalue weighted by Gasteiger charge is -2.15. The number of carbonyl (C=O) groups excluding carboxylic acids is 1. The molecule has 0 saturated heterocycles. The summed E-state index contributed by atoms with van der Waals surface area (Å²) in [6.07, 6.45) is 12.8. The first kappa shape index (κ1) is 28.3. The summed E-state index contributed by atoms with van der Waals surface area (Å²) in [6, 6.07) is 0. The molecule has 0 saturated carbocycles. The summed E-state index contributed by atoms with van der Waals surface area (Å²) < 4.78 is 0. The largest absolute Gasteiger partial charge is 0.507 e. The van der Waals surface area contributed by atoms with E-state index in [2.05, 4.69) is 27.7 Å². The number of hydrogen-bond donors (Lipinski definition) is 2. The summed E-state index contributed by atoms with van der Waals surface area (Å²) in [4.78, 5) is 12.8. The van der Waals surface area contributed by atoms with Crippen molar-refractivity contribution < 1.29 is 15.0 Å². The minimum atomic E-state index is -0.226. The highest BCUT2D eigenvalue weighted by Crippen LogP contribution is 2.36. The fourth-order valence-corrected chi connectivity index (χ4v) is 4.50. The number of allylic oxidation sites excluding steroid dienone is 2. The predicted octanol–water partition coefficient (Wildman–Crippen LogP) is 8.59. The minimum absolute atomic E-state index is 0.0149. The number of benzene rings is 1. The highest BCUT2D eigenvalue weighted by atomic mass is 16.3. The second-order valence-electron chi connectivity index (χ2n) is 10.7. The molecule has 1 aromatic carbocycles. The fourth-order valence-electron chi connectivity index (χ4n) is 4.50. The molecule has 0 aliphatic rings. The third kappa shape index (κ3) is 9.00. The molecule has 2 N–H and O–H groups in total. The standard InChI is InChI=1S/C29H48O3/c1-19(2)12-9-13-20(3)14-10-15-21(4)16-11-17-22(5)18-26(30)27-25(8)28(31)23(6)24(7)29(27)32/h18-21,31-32H,9-17H2,1-8H3. The van der Waals surface area contributed by atoms with Crippen LogP contribution < -0.4 is 0 Å². The van der Waals surface area contributed by atoms with E-state index < -0.39 is 0 Å². The van der Waals surface area contributed by atoms with E-state index >= 15 is 0 Å². The van der Waals surface area contributed by atoms with Gasteiger partial charge in [0.25, 0.3) is 0 Å². The summed E-state index contributed by atoms with van der Waals surface area (Å²) in [5.74, 6) is 2.22. The molecule has 1 aromatic rings. The van der Waals surface area contributed by atoms with Gasteiger partial charge in [0.2, 0.25) is 0 Å². The SMILES string of the molecule is CC(=CC(=O)c1c(C)c(O)c(C)c(C)c1O)CCCC(C)CCCC(C)CCCC(C)C. The highest BCUT2D eigenvalue weighted by molar-refractivity contribution is 6.08. The summed E-state index contributed by atoms with van der Waals surface area (Å²) in [5.41, 5.74) is 2.88. The van der Waals surface area contributed by atoms with Gasteiger partial charge in [0.05, 0.1) is 5.56 Å². The van der Waals surface area contributed by atoms with Crippen LogP contribution in [0.3, 0.4) is 0 Å². The van der Waals surface area contributed by atoms with Gasteiger partial charge in [-0.05, 0) is 75.5 Å². The van der Waals surface area contributed by atoms with Crippen LogP contribution in [0.2, 0.25) is 0 Å². The molecule has 0 aliphatic carbocycles. The summed E-state index contributed by atoms with van der Waals surface area (Å²) >= 11 is 0. The van der Waals surface area contributed by atoms with Gasteiger partial charge in [-0.2, -0.15) is 0 Å². The Bertz CT molecular complexity index is 744. The molecule has 0 heterocycles. The van der Waals surface area contributed by atoms with E-state index in [1.807, 2.05) is 6.92 Å². The molecule has 1 rings (SSSR count). The zero-order chi connectivity index (χ0) is 24.4. The van der Waals surface area contributed by atoms with Crippen molar-refractivity contribution in [2.75, 3.05) is 0 Å². The number of ketones is 1. The van der Waals surface area contributed by atoms with Crippen molar-refractivity contribution in [1.82, 2.24) is 0 Å². The van der Waals surface area contributed by atoms with Crippen LogP contribution in [0.25, 0.3) is 0 Å². The van der Waals surface area contributed by atoms with Crippen molar-refractivity contribution in [3.8, 4) is 11.5 Å². The van der Waals surface area contributed by atoms with Crippen molar-refractivity contribution in [3.05, 3.63) is 33.9 Å². The average Bonchev–Trinajstić information content (AvgIpc) is 2.70. The molecule has 0 spiro atoms. The Hall–Kier alpha value is -1.77. The first-order chi connectivity index (χ1) is 15.0. The predicted molar refractivity (Wildman–Crippen MR) is 137 cm³/mol. The zero-order valence-corrected chi connectivity index (χ0v) is 22.0. The normalized spacial score (nSPS) is 14.1. The van der Waals surface area contributed by atoms with Crippen molar-refractivity contribution >= 4 is 5.78 Å². The summed E-state index contributed by atoms with van der Waals surface area (Å²) in [6.45, 7) is 16.5. The molecule has 0 fully saturated rings. The monoisotopic (exact) mass is 444 g/mol.